The number of benzene rings is 1. The maximum absolute atomic E-state index is 12.2. The predicted octanol–water partition coefficient (Wildman–Crippen LogP) is 3.36. The largest absolute Gasteiger partial charge is 0.376 e. The SMILES string of the molecule is CCCN(CCC)C(=O)CNc1c(C)cccc1C. The minimum absolute atomic E-state index is 0.186. The summed E-state index contributed by atoms with van der Waals surface area (Å²) in [5.74, 6) is 0.186. The molecule has 0 fully saturated rings. The van der Waals surface area contributed by atoms with Gasteiger partial charge in [-0.2, -0.15) is 0 Å². The first-order valence-corrected chi connectivity index (χ1v) is 7.18. The molecular formula is C16H26N2O. The Morgan fingerprint density at radius 2 is 1.63 bits per heavy atom. The summed E-state index contributed by atoms with van der Waals surface area (Å²) < 4.78 is 0. The Hall–Kier alpha value is -1.51. The van der Waals surface area contributed by atoms with Crippen molar-refractivity contribution >= 4 is 11.6 Å². The van der Waals surface area contributed by atoms with Crippen molar-refractivity contribution < 1.29 is 4.79 Å². The van der Waals surface area contributed by atoms with Crippen LogP contribution in [0.2, 0.25) is 0 Å². The first kappa shape index (κ1) is 15.5. The van der Waals surface area contributed by atoms with Gasteiger partial charge in [0.15, 0.2) is 0 Å². The lowest BCUT2D eigenvalue weighted by Crippen LogP contribution is -2.36. The first-order valence-electron chi connectivity index (χ1n) is 7.18. The highest BCUT2D eigenvalue weighted by Gasteiger charge is 2.12. The van der Waals surface area contributed by atoms with Crippen molar-refractivity contribution in [3.63, 3.8) is 0 Å². The van der Waals surface area contributed by atoms with Crippen LogP contribution in [0.15, 0.2) is 18.2 Å². The Kier molecular flexibility index (Phi) is 6.40. The van der Waals surface area contributed by atoms with Crippen LogP contribution < -0.4 is 5.32 Å². The van der Waals surface area contributed by atoms with Crippen molar-refractivity contribution in [3.8, 4) is 0 Å². The quantitative estimate of drug-likeness (QED) is 0.817. The molecule has 0 unspecified atom stereocenters. The van der Waals surface area contributed by atoms with E-state index in [1.165, 1.54) is 11.1 Å². The molecule has 0 spiro atoms. The Morgan fingerprint density at radius 1 is 1.11 bits per heavy atom. The summed E-state index contributed by atoms with van der Waals surface area (Å²) in [6, 6.07) is 6.17. The zero-order valence-electron chi connectivity index (χ0n) is 12.6. The Morgan fingerprint density at radius 3 is 2.11 bits per heavy atom. The molecule has 0 saturated heterocycles. The number of hydrogen-bond acceptors (Lipinski definition) is 2. The van der Waals surface area contributed by atoms with Crippen molar-refractivity contribution in [2.24, 2.45) is 0 Å². The molecule has 1 aromatic carbocycles. The van der Waals surface area contributed by atoms with E-state index in [1.54, 1.807) is 0 Å². The molecule has 0 heterocycles. The van der Waals surface area contributed by atoms with Crippen LogP contribution in [0.4, 0.5) is 5.69 Å². The number of nitrogens with one attached hydrogen (secondary N) is 1. The molecule has 106 valence electrons. The van der Waals surface area contributed by atoms with Gasteiger partial charge in [0.25, 0.3) is 0 Å². The monoisotopic (exact) mass is 262 g/mol. The third-order valence-corrected chi connectivity index (χ3v) is 3.24. The van der Waals surface area contributed by atoms with Crippen molar-refractivity contribution in [1.29, 1.82) is 0 Å². The molecule has 0 bridgehead atoms. The smallest absolute Gasteiger partial charge is 0.241 e. The van der Waals surface area contributed by atoms with Gasteiger partial charge in [-0.3, -0.25) is 4.79 Å². The molecular weight excluding hydrogens is 236 g/mol. The van der Waals surface area contributed by atoms with Gasteiger partial charge in [-0.1, -0.05) is 32.0 Å². The molecule has 0 aliphatic heterocycles. The zero-order valence-corrected chi connectivity index (χ0v) is 12.6. The summed E-state index contributed by atoms with van der Waals surface area (Å²) in [5, 5.41) is 3.29. The van der Waals surface area contributed by atoms with E-state index in [0.717, 1.165) is 31.6 Å². The number of nitrogens with zero attached hydrogens (tertiary/aromatic N) is 1. The van der Waals surface area contributed by atoms with E-state index in [1.807, 2.05) is 11.0 Å². The lowest BCUT2D eigenvalue weighted by Gasteiger charge is -2.22. The number of anilines is 1. The summed E-state index contributed by atoms with van der Waals surface area (Å²) in [7, 11) is 0. The molecule has 3 nitrogen and oxygen atoms in total. The third-order valence-electron chi connectivity index (χ3n) is 3.24. The van der Waals surface area contributed by atoms with Gasteiger partial charge in [0, 0.05) is 18.8 Å². The van der Waals surface area contributed by atoms with Gasteiger partial charge >= 0.3 is 0 Å². The van der Waals surface area contributed by atoms with E-state index >= 15 is 0 Å². The summed E-state index contributed by atoms with van der Waals surface area (Å²) in [6.07, 6.45) is 2.02. The molecule has 1 rings (SSSR count). The van der Waals surface area contributed by atoms with E-state index in [2.05, 4.69) is 45.1 Å². The number of carbonyl (C=O) groups is 1. The number of para-hydroxylation sites is 1. The van der Waals surface area contributed by atoms with Gasteiger partial charge in [0.05, 0.1) is 6.54 Å². The van der Waals surface area contributed by atoms with E-state index in [-0.39, 0.29) is 5.91 Å². The molecule has 1 aromatic rings. The summed E-state index contributed by atoms with van der Waals surface area (Å²) >= 11 is 0. The van der Waals surface area contributed by atoms with Gasteiger partial charge in [-0.05, 0) is 37.8 Å². The second-order valence-electron chi connectivity index (χ2n) is 5.00. The van der Waals surface area contributed by atoms with Crippen molar-refractivity contribution in [2.75, 3.05) is 25.0 Å². The molecule has 19 heavy (non-hydrogen) atoms. The molecule has 0 aliphatic carbocycles. The highest BCUT2D eigenvalue weighted by Crippen LogP contribution is 2.19. The second kappa shape index (κ2) is 7.82. The summed E-state index contributed by atoms with van der Waals surface area (Å²) in [5.41, 5.74) is 3.46. The molecule has 3 heteroatoms. The standard InChI is InChI=1S/C16H26N2O/c1-5-10-18(11-6-2)15(19)12-17-16-13(3)8-7-9-14(16)4/h7-9,17H,5-6,10-12H2,1-4H3. The van der Waals surface area contributed by atoms with Crippen molar-refractivity contribution in [2.45, 2.75) is 40.5 Å². The molecule has 0 radical (unpaired) electrons. The van der Waals surface area contributed by atoms with Crippen LogP contribution in [0.1, 0.15) is 37.8 Å². The third kappa shape index (κ3) is 4.58. The minimum atomic E-state index is 0.186. The average Bonchev–Trinajstić information content (AvgIpc) is 2.37. The lowest BCUT2D eigenvalue weighted by atomic mass is 10.1. The van der Waals surface area contributed by atoms with E-state index in [9.17, 15) is 4.79 Å². The van der Waals surface area contributed by atoms with Crippen molar-refractivity contribution in [1.82, 2.24) is 4.90 Å². The molecule has 0 aliphatic rings. The molecule has 1 amide bonds. The van der Waals surface area contributed by atoms with Gasteiger partial charge in [-0.15, -0.1) is 0 Å². The van der Waals surface area contributed by atoms with Crippen LogP contribution in [0.3, 0.4) is 0 Å². The molecule has 0 atom stereocenters. The first-order chi connectivity index (χ1) is 9.10. The Bertz CT molecular complexity index is 389. The average molecular weight is 262 g/mol. The van der Waals surface area contributed by atoms with Gasteiger partial charge in [0.1, 0.15) is 0 Å². The fourth-order valence-electron chi connectivity index (χ4n) is 2.27. The predicted molar refractivity (Wildman–Crippen MR) is 81.6 cm³/mol. The molecule has 0 aromatic heterocycles. The number of amides is 1. The van der Waals surface area contributed by atoms with Gasteiger partial charge in [0.2, 0.25) is 5.91 Å². The number of carbonyl (C=O) groups excluding carboxylic acids is 1. The topological polar surface area (TPSA) is 32.3 Å². The Balaban J connectivity index is 2.62. The van der Waals surface area contributed by atoms with Gasteiger partial charge < -0.3 is 10.2 Å². The Labute approximate surface area is 117 Å². The normalized spacial score (nSPS) is 10.3. The van der Waals surface area contributed by atoms with Crippen LogP contribution in [0, 0.1) is 13.8 Å². The highest BCUT2D eigenvalue weighted by atomic mass is 16.2. The van der Waals surface area contributed by atoms with Crippen LogP contribution in [-0.2, 0) is 4.79 Å². The fourth-order valence-corrected chi connectivity index (χ4v) is 2.27. The maximum Gasteiger partial charge on any atom is 0.241 e. The highest BCUT2D eigenvalue weighted by molar-refractivity contribution is 5.81. The second-order valence-corrected chi connectivity index (χ2v) is 5.00. The van der Waals surface area contributed by atoms with Crippen LogP contribution in [0.25, 0.3) is 0 Å². The van der Waals surface area contributed by atoms with E-state index in [0.29, 0.717) is 6.54 Å². The van der Waals surface area contributed by atoms with E-state index < -0.39 is 0 Å². The summed E-state index contributed by atoms with van der Waals surface area (Å²) in [6.45, 7) is 10.4. The number of hydrogen-bond donors (Lipinski definition) is 1. The minimum Gasteiger partial charge on any atom is -0.376 e. The van der Waals surface area contributed by atoms with Crippen LogP contribution in [0.5, 0.6) is 0 Å². The molecule has 0 saturated carbocycles. The van der Waals surface area contributed by atoms with E-state index in [4.69, 9.17) is 0 Å². The van der Waals surface area contributed by atoms with Crippen LogP contribution >= 0.6 is 0 Å². The molecule has 1 N–H and O–H groups in total. The zero-order chi connectivity index (χ0) is 14.3. The fraction of sp³-hybridized carbons (Fsp3) is 0.562. The number of aryl methyl sites for hydroxylation is 2. The maximum atomic E-state index is 12.2. The summed E-state index contributed by atoms with van der Waals surface area (Å²) in [4.78, 5) is 14.1. The van der Waals surface area contributed by atoms with Crippen molar-refractivity contribution in [3.05, 3.63) is 29.3 Å². The lowest BCUT2D eigenvalue weighted by molar-refractivity contribution is -0.129. The van der Waals surface area contributed by atoms with Gasteiger partial charge in [-0.25, -0.2) is 0 Å². The number of rotatable bonds is 7. The van der Waals surface area contributed by atoms with Crippen LogP contribution in [-0.4, -0.2) is 30.4 Å².